The van der Waals surface area contributed by atoms with Crippen molar-refractivity contribution in [3.8, 4) is 0 Å². The maximum atomic E-state index is 6.55. The van der Waals surface area contributed by atoms with Crippen LogP contribution in [-0.4, -0.2) is 25.2 Å². The molecular weight excluding hydrogens is 364 g/mol. The van der Waals surface area contributed by atoms with Crippen LogP contribution < -0.4 is 10.4 Å². The van der Waals surface area contributed by atoms with Gasteiger partial charge in [-0.15, -0.1) is 5.19 Å². The zero-order valence-corrected chi connectivity index (χ0v) is 18.1. The van der Waals surface area contributed by atoms with Gasteiger partial charge in [0, 0.05) is 17.1 Å². The molecule has 124 valence electrons. The van der Waals surface area contributed by atoms with E-state index >= 15 is 0 Å². The van der Waals surface area contributed by atoms with Crippen LogP contribution in [0.25, 0.3) is 0 Å². The van der Waals surface area contributed by atoms with E-state index in [1.54, 1.807) is 0 Å². The predicted molar refractivity (Wildman–Crippen MR) is 93.3 cm³/mol. The van der Waals surface area contributed by atoms with Crippen LogP contribution >= 0.6 is 0 Å². The number of hydrogen-bond acceptors (Lipinski definition) is 2. The van der Waals surface area contributed by atoms with Crippen LogP contribution in [0, 0.1) is 24.3 Å². The summed E-state index contributed by atoms with van der Waals surface area (Å²) >= 11 is 0. The van der Waals surface area contributed by atoms with Crippen molar-refractivity contribution in [3.63, 3.8) is 0 Å². The molecule has 0 aliphatic heterocycles. The zero-order chi connectivity index (χ0) is 15.7. The SMILES string of the molecule is C[Si](C)(O[Si](C)(C)[c-]1[c-][c-][c-][c-]1)O[Si](C)(C)[c-]1cccc1.[Fe]. The van der Waals surface area contributed by atoms with Crippen molar-refractivity contribution in [2.24, 2.45) is 0 Å². The van der Waals surface area contributed by atoms with E-state index in [1.807, 2.05) is 0 Å². The molecule has 0 aliphatic carbocycles. The summed E-state index contributed by atoms with van der Waals surface area (Å²) in [6.07, 6.45) is 0. The van der Waals surface area contributed by atoms with Crippen LogP contribution in [0.5, 0.6) is 0 Å². The Labute approximate surface area is 148 Å². The second-order valence-corrected chi connectivity index (χ2v) is 18.2. The Balaban J connectivity index is 0.00000242. The first-order valence-electron chi connectivity index (χ1n) is 7.14. The third kappa shape index (κ3) is 4.89. The topological polar surface area (TPSA) is 18.5 Å². The van der Waals surface area contributed by atoms with E-state index < -0.39 is 25.2 Å². The summed E-state index contributed by atoms with van der Waals surface area (Å²) in [6, 6.07) is 20.2. The second kappa shape index (κ2) is 7.13. The van der Waals surface area contributed by atoms with Crippen molar-refractivity contribution in [3.05, 3.63) is 48.5 Å². The fraction of sp³-hybridized carbons (Fsp3) is 0.375. The molecule has 2 aromatic rings. The Morgan fingerprint density at radius 1 is 0.773 bits per heavy atom. The maximum Gasteiger partial charge on any atom is 0.308 e. The fourth-order valence-electron chi connectivity index (χ4n) is 2.65. The molecule has 2 rings (SSSR count). The Morgan fingerprint density at radius 3 is 1.73 bits per heavy atom. The van der Waals surface area contributed by atoms with E-state index in [0.717, 1.165) is 5.19 Å². The Hall–Kier alpha value is -0.210. The summed E-state index contributed by atoms with van der Waals surface area (Å²) in [7, 11) is -6.22. The third-order valence-electron chi connectivity index (χ3n) is 3.40. The summed E-state index contributed by atoms with van der Waals surface area (Å²) in [6.45, 7) is 13.1. The molecule has 6 heteroatoms. The molecular formula is C16H22FeO2Si3-6. The molecule has 0 fully saturated rings. The predicted octanol–water partition coefficient (Wildman–Crippen LogP) is 2.58. The minimum absolute atomic E-state index is 0. The first kappa shape index (κ1) is 19.8. The van der Waals surface area contributed by atoms with E-state index in [2.05, 4.69) is 87.8 Å². The van der Waals surface area contributed by atoms with Crippen molar-refractivity contribution in [1.29, 1.82) is 0 Å². The first-order chi connectivity index (χ1) is 9.62. The van der Waals surface area contributed by atoms with E-state index in [0.29, 0.717) is 0 Å². The summed E-state index contributed by atoms with van der Waals surface area (Å²) in [5.74, 6) is 0. The van der Waals surface area contributed by atoms with Gasteiger partial charge in [0.2, 0.25) is 0 Å². The molecule has 0 amide bonds. The van der Waals surface area contributed by atoms with E-state index in [9.17, 15) is 0 Å². The largest absolute Gasteiger partial charge is 0.999 e. The minimum atomic E-state index is -2.23. The molecule has 0 aliphatic rings. The molecule has 2 nitrogen and oxygen atoms in total. The van der Waals surface area contributed by atoms with Gasteiger partial charge >= 0.3 is 8.56 Å². The summed E-state index contributed by atoms with van der Waals surface area (Å²) in [5, 5.41) is 2.30. The van der Waals surface area contributed by atoms with Crippen LogP contribution in [-0.2, 0) is 25.3 Å². The summed E-state index contributed by atoms with van der Waals surface area (Å²) in [5.41, 5.74) is 0. The third-order valence-corrected chi connectivity index (χ3v) is 14.6. The average molecular weight is 386 g/mol. The second-order valence-electron chi connectivity index (χ2n) is 6.67. The van der Waals surface area contributed by atoms with Crippen molar-refractivity contribution >= 4 is 35.6 Å². The Kier molecular flexibility index (Phi) is 6.43. The summed E-state index contributed by atoms with van der Waals surface area (Å²) in [4.78, 5) is 0. The van der Waals surface area contributed by atoms with Gasteiger partial charge in [0.15, 0.2) is 0 Å². The van der Waals surface area contributed by atoms with Crippen molar-refractivity contribution in [2.75, 3.05) is 0 Å². The normalized spacial score (nSPS) is 13.0. The van der Waals surface area contributed by atoms with Crippen molar-refractivity contribution < 1.29 is 25.3 Å². The molecule has 0 N–H and O–H groups in total. The fourth-order valence-corrected chi connectivity index (χ4v) is 15.6. The van der Waals surface area contributed by atoms with Crippen molar-refractivity contribution in [1.82, 2.24) is 0 Å². The van der Waals surface area contributed by atoms with Crippen LogP contribution in [0.3, 0.4) is 0 Å². The quantitative estimate of drug-likeness (QED) is 0.561. The van der Waals surface area contributed by atoms with Crippen LogP contribution in [0.1, 0.15) is 0 Å². The molecule has 2 aromatic carbocycles. The Bertz CT molecular complexity index is 510. The van der Waals surface area contributed by atoms with E-state index in [4.69, 9.17) is 8.23 Å². The molecule has 0 atom stereocenters. The first-order valence-corrected chi connectivity index (χ1v) is 15.8. The van der Waals surface area contributed by atoms with Crippen LogP contribution in [0.4, 0.5) is 0 Å². The average Bonchev–Trinajstić information content (AvgIpc) is 3.00. The molecule has 0 saturated carbocycles. The smallest absolute Gasteiger partial charge is 0.308 e. The molecule has 0 saturated heterocycles. The van der Waals surface area contributed by atoms with Gasteiger partial charge in [-0.1, -0.05) is 26.2 Å². The van der Waals surface area contributed by atoms with Gasteiger partial charge < -0.3 is 37.7 Å². The molecule has 22 heavy (non-hydrogen) atoms. The standard InChI is InChI=1S/C16H22O2Si3.Fe/c1-19(2,15-11-7-8-12-15)17-21(5,6)18-20(3,4)16-13-9-10-14-16;/h7-8,11-12H,1-6H3;/q-6;. The molecule has 0 aromatic heterocycles. The Morgan fingerprint density at radius 2 is 1.23 bits per heavy atom. The minimum Gasteiger partial charge on any atom is -0.999 e. The zero-order valence-electron chi connectivity index (χ0n) is 14.0. The van der Waals surface area contributed by atoms with Gasteiger partial charge in [0.1, 0.15) is 8.32 Å². The monoisotopic (exact) mass is 386 g/mol. The van der Waals surface area contributed by atoms with Gasteiger partial charge in [-0.3, -0.25) is 0 Å². The van der Waals surface area contributed by atoms with Gasteiger partial charge in [-0.2, -0.15) is 12.1 Å². The van der Waals surface area contributed by atoms with E-state index in [-0.39, 0.29) is 17.1 Å². The molecule has 0 bridgehead atoms. The summed E-state index contributed by atoms with van der Waals surface area (Å²) < 4.78 is 13.0. The molecule has 0 heterocycles. The number of hydrogen-bond donors (Lipinski definition) is 0. The van der Waals surface area contributed by atoms with Gasteiger partial charge in [-0.25, -0.2) is 12.1 Å². The van der Waals surface area contributed by atoms with Gasteiger partial charge in [0.25, 0.3) is 0 Å². The van der Waals surface area contributed by atoms with E-state index in [1.165, 1.54) is 5.19 Å². The maximum absolute atomic E-state index is 6.55. The molecule has 0 spiro atoms. The van der Waals surface area contributed by atoms with Gasteiger partial charge in [0.05, 0.1) is 0 Å². The molecule has 0 unspecified atom stereocenters. The van der Waals surface area contributed by atoms with Gasteiger partial charge in [-0.05, 0) is 21.4 Å². The van der Waals surface area contributed by atoms with Crippen LogP contribution in [0.15, 0.2) is 24.3 Å². The number of rotatable bonds is 6. The molecule has 0 radical (unpaired) electrons. The van der Waals surface area contributed by atoms with Crippen molar-refractivity contribution in [2.45, 2.75) is 39.3 Å². The van der Waals surface area contributed by atoms with Crippen LogP contribution in [0.2, 0.25) is 39.3 Å².